The maximum atomic E-state index is 11.6. The number of Topliss-reactive ketones (excluding diaryl/α,β-unsaturated/α-hetero) is 1. The normalized spacial score (nSPS) is 18.4. The molecule has 2 rings (SSSR count). The van der Waals surface area contributed by atoms with Crippen LogP contribution in [0.5, 0.6) is 0 Å². The highest BCUT2D eigenvalue weighted by atomic mass is 16.1. The minimum Gasteiger partial charge on any atom is -0.382 e. The van der Waals surface area contributed by atoms with Crippen molar-refractivity contribution < 1.29 is 4.79 Å². The number of nitriles is 1. The Hall–Kier alpha value is -1.86. The predicted octanol–water partition coefficient (Wildman–Crippen LogP) is 3.83. The van der Waals surface area contributed by atoms with Crippen LogP contribution in [0.3, 0.4) is 0 Å². The molecular weight excluding hydrogens is 286 g/mol. The van der Waals surface area contributed by atoms with E-state index >= 15 is 0 Å². The largest absolute Gasteiger partial charge is 0.382 e. The Morgan fingerprint density at radius 2 is 2.26 bits per heavy atom. The molecule has 1 aromatic carbocycles. The van der Waals surface area contributed by atoms with E-state index < -0.39 is 0 Å². The maximum absolute atomic E-state index is 11.6. The zero-order valence-electron chi connectivity index (χ0n) is 14.3. The van der Waals surface area contributed by atoms with Gasteiger partial charge in [0.1, 0.15) is 6.07 Å². The number of nitrogens with one attached hydrogen (secondary N) is 1. The first-order valence-electron chi connectivity index (χ1n) is 8.68. The highest BCUT2D eigenvalue weighted by molar-refractivity contribution is 5.95. The number of likely N-dealkylation sites (tertiary alicyclic amines) is 1. The predicted molar refractivity (Wildman–Crippen MR) is 93.8 cm³/mol. The zero-order chi connectivity index (χ0) is 16.7. The molecule has 1 aliphatic rings. The lowest BCUT2D eigenvalue weighted by molar-refractivity contribution is 0.101. The van der Waals surface area contributed by atoms with E-state index in [1.54, 1.807) is 25.1 Å². The fraction of sp³-hybridized carbons (Fsp3) is 0.579. The van der Waals surface area contributed by atoms with Gasteiger partial charge in [0.2, 0.25) is 0 Å². The van der Waals surface area contributed by atoms with Crippen molar-refractivity contribution in [2.24, 2.45) is 0 Å². The second-order valence-electron chi connectivity index (χ2n) is 6.35. The van der Waals surface area contributed by atoms with E-state index in [1.165, 1.54) is 38.6 Å². The van der Waals surface area contributed by atoms with Gasteiger partial charge >= 0.3 is 0 Å². The third-order valence-corrected chi connectivity index (χ3v) is 4.62. The number of nitrogens with zero attached hydrogens (tertiary/aromatic N) is 2. The summed E-state index contributed by atoms with van der Waals surface area (Å²) in [5, 5.41) is 12.7. The second-order valence-corrected chi connectivity index (χ2v) is 6.35. The van der Waals surface area contributed by atoms with Crippen LogP contribution in [0, 0.1) is 11.3 Å². The van der Waals surface area contributed by atoms with Crippen molar-refractivity contribution in [3.63, 3.8) is 0 Å². The number of piperidine rings is 1. The van der Waals surface area contributed by atoms with Crippen LogP contribution in [0.15, 0.2) is 18.2 Å². The van der Waals surface area contributed by atoms with Crippen LogP contribution in [0.25, 0.3) is 0 Å². The van der Waals surface area contributed by atoms with Gasteiger partial charge in [-0.3, -0.25) is 9.69 Å². The molecule has 0 amide bonds. The Kier molecular flexibility index (Phi) is 6.61. The number of unbranched alkanes of at least 4 members (excludes halogenated alkanes) is 1. The summed E-state index contributed by atoms with van der Waals surface area (Å²) < 4.78 is 0. The third kappa shape index (κ3) is 4.80. The van der Waals surface area contributed by atoms with E-state index in [9.17, 15) is 10.1 Å². The van der Waals surface area contributed by atoms with Crippen molar-refractivity contribution in [1.82, 2.24) is 4.90 Å². The molecule has 1 saturated heterocycles. The van der Waals surface area contributed by atoms with E-state index in [4.69, 9.17) is 0 Å². The van der Waals surface area contributed by atoms with E-state index in [1.807, 2.05) is 0 Å². The first-order chi connectivity index (χ1) is 11.2. The Balaban J connectivity index is 2.04. The Morgan fingerprint density at radius 1 is 1.43 bits per heavy atom. The smallest absolute Gasteiger partial charge is 0.159 e. The lowest BCUT2D eigenvalue weighted by Gasteiger charge is -2.36. The van der Waals surface area contributed by atoms with Crippen LogP contribution in [0.1, 0.15) is 61.9 Å². The van der Waals surface area contributed by atoms with Crippen LogP contribution < -0.4 is 5.32 Å². The Bertz CT molecular complexity index is 576. The molecule has 0 saturated carbocycles. The van der Waals surface area contributed by atoms with E-state index in [0.717, 1.165) is 18.8 Å². The lowest BCUT2D eigenvalue weighted by Crippen LogP contribution is -2.44. The van der Waals surface area contributed by atoms with Crippen molar-refractivity contribution in [3.8, 4) is 6.07 Å². The van der Waals surface area contributed by atoms with Crippen LogP contribution in [-0.4, -0.2) is 36.4 Å². The van der Waals surface area contributed by atoms with E-state index in [-0.39, 0.29) is 5.78 Å². The monoisotopic (exact) mass is 313 g/mol. The summed E-state index contributed by atoms with van der Waals surface area (Å²) in [4.78, 5) is 14.1. The van der Waals surface area contributed by atoms with Gasteiger partial charge in [-0.15, -0.1) is 0 Å². The molecule has 1 aromatic rings. The van der Waals surface area contributed by atoms with Crippen LogP contribution in [-0.2, 0) is 0 Å². The molecule has 1 heterocycles. The second kappa shape index (κ2) is 8.69. The SMILES string of the molecule is CCCCN1CCCCC1CNc1cc(C(C)=O)ccc1C#N. The number of carbonyl (C=O) groups excluding carboxylic acids is 1. The topological polar surface area (TPSA) is 56.1 Å². The number of hydrogen-bond acceptors (Lipinski definition) is 4. The van der Waals surface area contributed by atoms with Gasteiger partial charge < -0.3 is 5.32 Å². The molecule has 1 aliphatic heterocycles. The molecule has 0 spiro atoms. The number of anilines is 1. The van der Waals surface area contributed by atoms with Gasteiger partial charge in [-0.05, 0) is 57.5 Å². The summed E-state index contributed by atoms with van der Waals surface area (Å²) in [6.07, 6.45) is 6.21. The van der Waals surface area contributed by atoms with Gasteiger partial charge in [0.15, 0.2) is 5.78 Å². The fourth-order valence-electron chi connectivity index (χ4n) is 3.18. The van der Waals surface area contributed by atoms with Gasteiger partial charge in [-0.25, -0.2) is 0 Å². The van der Waals surface area contributed by atoms with E-state index in [0.29, 0.717) is 17.2 Å². The Morgan fingerprint density at radius 3 is 2.96 bits per heavy atom. The minimum absolute atomic E-state index is 0.0276. The average Bonchev–Trinajstić information content (AvgIpc) is 2.58. The van der Waals surface area contributed by atoms with Crippen molar-refractivity contribution in [2.75, 3.05) is 25.0 Å². The van der Waals surface area contributed by atoms with Crippen molar-refractivity contribution in [3.05, 3.63) is 29.3 Å². The van der Waals surface area contributed by atoms with Gasteiger partial charge in [0.25, 0.3) is 0 Å². The van der Waals surface area contributed by atoms with Crippen LogP contribution >= 0.6 is 0 Å². The number of benzene rings is 1. The number of carbonyl (C=O) groups is 1. The molecule has 0 aromatic heterocycles. The standard InChI is InChI=1S/C19H27N3O/c1-3-4-10-22-11-6-5-7-18(22)14-21-19-12-16(15(2)23)8-9-17(19)13-20/h8-9,12,18,21H,3-7,10-11,14H2,1-2H3. The molecule has 0 radical (unpaired) electrons. The van der Waals surface area contributed by atoms with Crippen molar-refractivity contribution >= 4 is 11.5 Å². The number of rotatable bonds is 7. The molecule has 124 valence electrons. The first kappa shape index (κ1) is 17.5. The maximum Gasteiger partial charge on any atom is 0.159 e. The molecule has 1 unspecified atom stereocenters. The molecule has 1 atom stereocenters. The van der Waals surface area contributed by atoms with Gasteiger partial charge in [-0.2, -0.15) is 5.26 Å². The molecule has 1 fully saturated rings. The number of hydrogen-bond donors (Lipinski definition) is 1. The summed E-state index contributed by atoms with van der Waals surface area (Å²) in [6.45, 7) is 6.94. The van der Waals surface area contributed by atoms with Gasteiger partial charge in [0.05, 0.1) is 11.3 Å². The molecule has 4 nitrogen and oxygen atoms in total. The highest BCUT2D eigenvalue weighted by Crippen LogP contribution is 2.21. The summed E-state index contributed by atoms with van der Waals surface area (Å²) in [7, 11) is 0. The number of ketones is 1. The molecule has 4 heteroatoms. The molecular formula is C19H27N3O. The van der Waals surface area contributed by atoms with E-state index in [2.05, 4.69) is 23.2 Å². The summed E-state index contributed by atoms with van der Waals surface area (Å²) in [5.41, 5.74) is 2.03. The van der Waals surface area contributed by atoms with Crippen molar-refractivity contribution in [1.29, 1.82) is 5.26 Å². The molecule has 0 aliphatic carbocycles. The lowest BCUT2D eigenvalue weighted by atomic mass is 10.0. The molecule has 0 bridgehead atoms. The molecule has 23 heavy (non-hydrogen) atoms. The van der Waals surface area contributed by atoms with Crippen LogP contribution in [0.2, 0.25) is 0 Å². The summed E-state index contributed by atoms with van der Waals surface area (Å²) in [6, 6.07) is 7.98. The van der Waals surface area contributed by atoms with Gasteiger partial charge in [-0.1, -0.05) is 19.8 Å². The quantitative estimate of drug-likeness (QED) is 0.777. The van der Waals surface area contributed by atoms with Crippen molar-refractivity contribution in [2.45, 2.75) is 52.0 Å². The average molecular weight is 313 g/mol. The van der Waals surface area contributed by atoms with Gasteiger partial charge in [0, 0.05) is 18.2 Å². The summed E-state index contributed by atoms with van der Waals surface area (Å²) in [5.74, 6) is 0.0276. The molecule has 1 N–H and O–H groups in total. The zero-order valence-corrected chi connectivity index (χ0v) is 14.3. The summed E-state index contributed by atoms with van der Waals surface area (Å²) >= 11 is 0. The minimum atomic E-state index is 0.0276. The first-order valence-corrected chi connectivity index (χ1v) is 8.68. The fourth-order valence-corrected chi connectivity index (χ4v) is 3.18. The highest BCUT2D eigenvalue weighted by Gasteiger charge is 2.21. The van der Waals surface area contributed by atoms with Crippen LogP contribution in [0.4, 0.5) is 5.69 Å². The Labute approximate surface area is 139 Å². The third-order valence-electron chi connectivity index (χ3n) is 4.62.